The van der Waals surface area contributed by atoms with E-state index in [1.54, 1.807) is 43.3 Å². The van der Waals surface area contributed by atoms with Crippen LogP contribution in [0.15, 0.2) is 66.7 Å². The Morgan fingerprint density at radius 3 is 1.35 bits per heavy atom. The fraction of sp³-hybridized carbons (Fsp3) is 0.333. The average Bonchev–Trinajstić information content (AvgIpc) is 3.10. The molecule has 3 N–H and O–H groups in total. The maximum absolute atomic E-state index is 10.7. The standard InChI is InChI=1S/C11H14O2.C10H13IO2.C10H14O2.C8H8O2.I3.I2.HI/c1-8(2)13-11-9(3)5-4-6-10(11)7-12;1-6(2)13-10-7(3)4-5-8(11)9(10)12;1-7(2)12-10-8(3)5-4-6-9(10)11;1-6-3-2-4-7(5-9)8(6)10;1-3-2;1-2;/h4-8H,1-3H3;4-6,12H,1-3H3;4-7,11H,1-3H3;2-5,10H,1H3;;;1H/q;;;;-1;;. The number of aryl methyl sites for hydroxylation is 4. The summed E-state index contributed by atoms with van der Waals surface area (Å²) in [7, 11) is 0. The molecule has 0 radical (unpaired) electrons. The van der Waals surface area contributed by atoms with Crippen molar-refractivity contribution in [3.05, 3.63) is 104 Å². The molecule has 54 heavy (non-hydrogen) atoms. The van der Waals surface area contributed by atoms with Gasteiger partial charge >= 0.3 is 50.5 Å². The molecule has 0 atom stereocenters. The Bertz CT molecular complexity index is 1630. The second-order valence-corrected chi connectivity index (χ2v) is 29.2. The molecule has 0 aliphatic rings. The van der Waals surface area contributed by atoms with Gasteiger partial charge in [-0.1, -0.05) is 42.5 Å². The van der Waals surface area contributed by atoms with Crippen molar-refractivity contribution in [3.8, 4) is 34.5 Å². The van der Waals surface area contributed by atoms with Gasteiger partial charge in [0.2, 0.25) is 0 Å². The zero-order valence-electron chi connectivity index (χ0n) is 31.8. The van der Waals surface area contributed by atoms with Crippen molar-refractivity contribution in [1.82, 2.24) is 0 Å². The first-order valence-electron chi connectivity index (χ1n) is 16.0. The van der Waals surface area contributed by atoms with E-state index in [0.29, 0.717) is 47.9 Å². The molecule has 0 bridgehead atoms. The molecule has 0 amide bonds. The first-order chi connectivity index (χ1) is 24.9. The van der Waals surface area contributed by atoms with Crippen molar-refractivity contribution in [3.63, 3.8) is 0 Å². The van der Waals surface area contributed by atoms with E-state index in [4.69, 9.17) is 19.3 Å². The molecule has 304 valence electrons. The maximum atomic E-state index is 10.7. The van der Waals surface area contributed by atoms with E-state index in [9.17, 15) is 19.8 Å². The number of phenolic OH excluding ortho intramolecular Hbond substituents is 3. The molecule has 0 fully saturated rings. The summed E-state index contributed by atoms with van der Waals surface area (Å²) in [5.41, 5.74) is 4.62. The molecule has 0 saturated carbocycles. The number of halogens is 7. The summed E-state index contributed by atoms with van der Waals surface area (Å²) in [5, 5.41) is 28.3. The van der Waals surface area contributed by atoms with Crippen LogP contribution < -0.4 is 27.5 Å². The van der Waals surface area contributed by atoms with Crippen LogP contribution in [0.1, 0.15) is 84.5 Å². The topological polar surface area (TPSA) is 123 Å². The molecule has 0 aliphatic carbocycles. The number of rotatable bonds is 8. The minimum atomic E-state index is 0. The molecule has 0 saturated heterocycles. The van der Waals surface area contributed by atoms with E-state index in [1.807, 2.05) is 92.6 Å². The number of carbonyl (C=O) groups excluding carboxylic acids is 2. The van der Waals surface area contributed by atoms with Gasteiger partial charge in [-0.2, -0.15) is 0 Å². The summed E-state index contributed by atoms with van der Waals surface area (Å²) >= 11 is 11.6. The number of para-hydroxylation sites is 3. The van der Waals surface area contributed by atoms with Crippen LogP contribution in [0.25, 0.3) is 0 Å². The van der Waals surface area contributed by atoms with E-state index in [-0.39, 0.29) is 59.5 Å². The minimum absolute atomic E-state index is 0. The molecule has 0 unspecified atom stereocenters. The quantitative estimate of drug-likeness (QED) is 0.118. The molecule has 4 rings (SSSR count). The number of ether oxygens (including phenoxy) is 3. The molecule has 0 aromatic heterocycles. The van der Waals surface area contributed by atoms with E-state index < -0.39 is 0 Å². The van der Waals surface area contributed by atoms with Crippen molar-refractivity contribution < 1.29 is 52.4 Å². The molecule has 15 heteroatoms. The summed E-state index contributed by atoms with van der Waals surface area (Å²) in [4.78, 5) is 20.9. The van der Waals surface area contributed by atoms with E-state index in [1.165, 1.54) is 0 Å². The van der Waals surface area contributed by atoms with Crippen LogP contribution in [0.3, 0.4) is 0 Å². The SMILES string of the molecule is Cc1ccc(I)c(O)c1OC(C)C.Cc1cccc(C=O)c1O.Cc1cccc(C=O)c1OC(C)C.Cc1cccc(O)c1OC(C)C.I.II.I[I-]I. The fourth-order valence-corrected chi connectivity index (χ4v) is 4.42. The van der Waals surface area contributed by atoms with Crippen molar-refractivity contribution >= 4 is 134 Å². The molecule has 8 nitrogen and oxygen atoms in total. The van der Waals surface area contributed by atoms with Gasteiger partial charge < -0.3 is 29.5 Å². The van der Waals surface area contributed by atoms with Crippen LogP contribution in [0.4, 0.5) is 0 Å². The van der Waals surface area contributed by atoms with Crippen molar-refractivity contribution in [2.75, 3.05) is 0 Å². The number of aromatic hydroxyl groups is 3. The molecular weight excluding hydrogens is 1480 g/mol. The molecule has 4 aromatic carbocycles. The van der Waals surface area contributed by atoms with E-state index >= 15 is 0 Å². The average molecular weight is 1540 g/mol. The van der Waals surface area contributed by atoms with Crippen LogP contribution in [0.5, 0.6) is 34.5 Å². The van der Waals surface area contributed by atoms with Crippen molar-refractivity contribution in [2.24, 2.45) is 0 Å². The van der Waals surface area contributed by atoms with Gasteiger partial charge in [0.25, 0.3) is 0 Å². The van der Waals surface area contributed by atoms with Crippen molar-refractivity contribution in [1.29, 1.82) is 0 Å². The summed E-state index contributed by atoms with van der Waals surface area (Å²) < 4.78 is 17.3. The monoisotopic (exact) mass is 1530 g/mol. The van der Waals surface area contributed by atoms with Crippen LogP contribution in [0.2, 0.25) is 0 Å². The van der Waals surface area contributed by atoms with E-state index in [0.717, 1.165) is 32.1 Å². The molecular formula is C39H50I7O8-. The van der Waals surface area contributed by atoms with Crippen LogP contribution in [-0.4, -0.2) is 46.2 Å². The Hall–Kier alpha value is 0.130. The molecule has 4 aromatic rings. The number of benzene rings is 4. The van der Waals surface area contributed by atoms with Gasteiger partial charge in [-0.05, 0) is 138 Å². The second-order valence-electron chi connectivity index (χ2n) is 11.8. The zero-order chi connectivity index (χ0) is 41.3. The Morgan fingerprint density at radius 1 is 0.556 bits per heavy atom. The summed E-state index contributed by atoms with van der Waals surface area (Å²) in [6.45, 7) is 19.2. The summed E-state index contributed by atoms with van der Waals surface area (Å²) in [6.07, 6.45) is 1.74. The molecule has 0 aliphatic heterocycles. The first-order valence-corrected chi connectivity index (χ1v) is 35.9. The number of aldehydes is 2. The van der Waals surface area contributed by atoms with Crippen molar-refractivity contribution in [2.45, 2.75) is 87.5 Å². The number of hydrogen-bond acceptors (Lipinski definition) is 8. The summed E-state index contributed by atoms with van der Waals surface area (Å²) in [5.74, 6) is 2.43. The third-order valence-corrected chi connectivity index (χ3v) is 7.17. The normalized spacial score (nSPS) is 9.52. The van der Waals surface area contributed by atoms with Gasteiger partial charge in [0.15, 0.2) is 35.6 Å². The predicted octanol–water partition coefficient (Wildman–Crippen LogP) is 10.9. The zero-order valence-corrected chi connectivity index (χ0v) is 47.1. The van der Waals surface area contributed by atoms with Gasteiger partial charge in [-0.3, -0.25) is 9.59 Å². The second kappa shape index (κ2) is 34.0. The third kappa shape index (κ3) is 24.1. The number of hydrogen-bond donors (Lipinski definition) is 3. The Labute approximate surface area is 405 Å². The van der Waals surface area contributed by atoms with Gasteiger partial charge in [0.1, 0.15) is 11.5 Å². The fourth-order valence-electron chi connectivity index (χ4n) is 4.00. The Morgan fingerprint density at radius 2 is 0.926 bits per heavy atom. The van der Waals surface area contributed by atoms with Crippen LogP contribution in [0, 0.1) is 31.3 Å². The predicted molar refractivity (Wildman–Crippen MR) is 272 cm³/mol. The number of carbonyl (C=O) groups is 2. The first kappa shape index (κ1) is 58.4. The Balaban J connectivity index is -0.000000615. The van der Waals surface area contributed by atoms with E-state index in [2.05, 4.69) is 97.1 Å². The van der Waals surface area contributed by atoms with Crippen LogP contribution in [-0.2, 0) is 0 Å². The summed E-state index contributed by atoms with van der Waals surface area (Å²) in [6, 6.07) is 19.8. The Kier molecular flexibility index (Phi) is 36.8. The van der Waals surface area contributed by atoms with Gasteiger partial charge in [0, 0.05) is 37.2 Å². The number of phenols is 3. The molecule has 0 spiro atoms. The van der Waals surface area contributed by atoms with Crippen LogP contribution >= 0.6 is 121 Å². The molecule has 0 heterocycles. The third-order valence-electron chi connectivity index (χ3n) is 6.30. The van der Waals surface area contributed by atoms with Gasteiger partial charge in [-0.15, -0.1) is 24.0 Å². The van der Waals surface area contributed by atoms with Gasteiger partial charge in [0.05, 0.1) is 33.0 Å². The van der Waals surface area contributed by atoms with Gasteiger partial charge in [-0.25, -0.2) is 0 Å².